The first-order valence-electron chi connectivity index (χ1n) is 12.5. The lowest BCUT2D eigenvalue weighted by Crippen LogP contribution is -2.33. The molecule has 5 rings (SSSR count). The highest BCUT2D eigenvalue weighted by Gasteiger charge is 2.41. The van der Waals surface area contributed by atoms with Crippen molar-refractivity contribution in [3.8, 4) is 11.4 Å². The first-order chi connectivity index (χ1) is 18.5. The van der Waals surface area contributed by atoms with E-state index in [0.717, 1.165) is 28.3 Å². The van der Waals surface area contributed by atoms with Crippen LogP contribution in [0.1, 0.15) is 41.1 Å². The van der Waals surface area contributed by atoms with E-state index < -0.39 is 0 Å². The maximum absolute atomic E-state index is 13.0. The van der Waals surface area contributed by atoms with Gasteiger partial charge in [-0.15, -0.1) is 0 Å². The summed E-state index contributed by atoms with van der Waals surface area (Å²) >= 11 is 5.81. The quantitative estimate of drug-likeness (QED) is 0.316. The predicted molar refractivity (Wildman–Crippen MR) is 151 cm³/mol. The van der Waals surface area contributed by atoms with Crippen LogP contribution in [0.2, 0.25) is 0 Å². The number of pyridine rings is 2. The van der Waals surface area contributed by atoms with Gasteiger partial charge in [0, 0.05) is 36.7 Å². The summed E-state index contributed by atoms with van der Waals surface area (Å²) in [6, 6.07) is 19.1. The Bertz CT molecular complexity index is 1440. The van der Waals surface area contributed by atoms with Crippen molar-refractivity contribution < 1.29 is 9.53 Å². The first kappa shape index (κ1) is 25.4. The van der Waals surface area contributed by atoms with Crippen molar-refractivity contribution in [1.82, 2.24) is 24.8 Å². The molecule has 8 nitrogen and oxygen atoms in total. The fraction of sp³-hybridized carbons (Fsp3) is 0.241. The van der Waals surface area contributed by atoms with E-state index in [1.807, 2.05) is 60.8 Å². The second-order valence-electron chi connectivity index (χ2n) is 9.19. The highest BCUT2D eigenvalue weighted by atomic mass is 32.1. The normalized spacial score (nSPS) is 16.8. The molecule has 2 N–H and O–H groups in total. The molecule has 1 amide bonds. The molecule has 2 atom stereocenters. The fourth-order valence-corrected chi connectivity index (χ4v) is 5.47. The highest BCUT2D eigenvalue weighted by molar-refractivity contribution is 7.80. The molecule has 1 aliphatic rings. The van der Waals surface area contributed by atoms with Crippen LogP contribution in [0.3, 0.4) is 0 Å². The minimum absolute atomic E-state index is 0.113. The summed E-state index contributed by atoms with van der Waals surface area (Å²) in [5.74, 6) is 0.508. The van der Waals surface area contributed by atoms with E-state index in [1.54, 1.807) is 19.5 Å². The van der Waals surface area contributed by atoms with Crippen LogP contribution in [-0.4, -0.2) is 44.1 Å². The molecule has 38 heavy (non-hydrogen) atoms. The summed E-state index contributed by atoms with van der Waals surface area (Å²) in [4.78, 5) is 24.0. The standard InChI is InChI=1S/C29H30N6O2S/c1-19-17-22(20(2)35(19)21-9-8-14-30-18-21)28-27(24-11-6-7-15-31-24)33-29(38)34(28)16-13-26(36)32-23-10-4-5-12-25(23)37-3/h4-12,14-15,17-18,27-28H,13,16H2,1-3H3,(H,32,36)(H,33,38). The van der Waals surface area contributed by atoms with Gasteiger partial charge in [0.25, 0.3) is 0 Å². The molecule has 1 saturated heterocycles. The lowest BCUT2D eigenvalue weighted by Gasteiger charge is -2.28. The molecule has 0 radical (unpaired) electrons. The number of para-hydroxylation sites is 2. The third-order valence-electron chi connectivity index (χ3n) is 6.85. The largest absolute Gasteiger partial charge is 0.495 e. The Morgan fingerprint density at radius 3 is 2.66 bits per heavy atom. The molecule has 194 valence electrons. The van der Waals surface area contributed by atoms with Crippen LogP contribution in [-0.2, 0) is 4.79 Å². The number of hydrogen-bond donors (Lipinski definition) is 2. The van der Waals surface area contributed by atoms with Crippen molar-refractivity contribution in [2.24, 2.45) is 0 Å². The first-order valence-corrected chi connectivity index (χ1v) is 12.9. The summed E-state index contributed by atoms with van der Waals surface area (Å²) in [6.45, 7) is 4.64. The van der Waals surface area contributed by atoms with Crippen molar-refractivity contribution in [2.45, 2.75) is 32.4 Å². The molecule has 0 saturated carbocycles. The van der Waals surface area contributed by atoms with Gasteiger partial charge in [0.15, 0.2) is 5.11 Å². The van der Waals surface area contributed by atoms with Gasteiger partial charge in [-0.05, 0) is 74.1 Å². The monoisotopic (exact) mass is 526 g/mol. The van der Waals surface area contributed by atoms with Gasteiger partial charge >= 0.3 is 0 Å². The number of nitrogens with zero attached hydrogens (tertiary/aromatic N) is 4. The van der Waals surface area contributed by atoms with E-state index in [9.17, 15) is 4.79 Å². The van der Waals surface area contributed by atoms with Crippen LogP contribution >= 0.6 is 12.2 Å². The number of thiocarbonyl (C=S) groups is 1. The van der Waals surface area contributed by atoms with E-state index in [4.69, 9.17) is 17.0 Å². The molecule has 1 aliphatic heterocycles. The molecule has 9 heteroatoms. The lowest BCUT2D eigenvalue weighted by molar-refractivity contribution is -0.116. The Hall–Kier alpha value is -4.24. The van der Waals surface area contributed by atoms with Crippen molar-refractivity contribution in [2.75, 3.05) is 19.0 Å². The van der Waals surface area contributed by atoms with Gasteiger partial charge in [-0.2, -0.15) is 0 Å². The van der Waals surface area contributed by atoms with Gasteiger partial charge in [-0.1, -0.05) is 18.2 Å². The van der Waals surface area contributed by atoms with Gasteiger partial charge in [0.2, 0.25) is 5.91 Å². The van der Waals surface area contributed by atoms with Crippen LogP contribution in [0, 0.1) is 13.8 Å². The topological polar surface area (TPSA) is 84.3 Å². The number of aromatic nitrogens is 3. The van der Waals surface area contributed by atoms with Gasteiger partial charge in [0.05, 0.1) is 42.5 Å². The number of aryl methyl sites for hydroxylation is 1. The van der Waals surface area contributed by atoms with E-state index in [0.29, 0.717) is 23.1 Å². The number of ether oxygens (including phenoxy) is 1. The second kappa shape index (κ2) is 11.0. The number of amides is 1. The van der Waals surface area contributed by atoms with Crippen molar-refractivity contribution in [3.05, 3.63) is 102 Å². The molecule has 1 fully saturated rings. The fourth-order valence-electron chi connectivity index (χ4n) is 5.14. The van der Waals surface area contributed by atoms with Crippen LogP contribution in [0.25, 0.3) is 5.69 Å². The zero-order chi connectivity index (χ0) is 26.6. The molecule has 4 aromatic rings. The summed E-state index contributed by atoms with van der Waals surface area (Å²) in [6.07, 6.45) is 5.68. The summed E-state index contributed by atoms with van der Waals surface area (Å²) < 4.78 is 7.57. The number of nitrogens with one attached hydrogen (secondary N) is 2. The zero-order valence-electron chi connectivity index (χ0n) is 21.6. The van der Waals surface area contributed by atoms with Crippen molar-refractivity contribution in [3.63, 3.8) is 0 Å². The minimum Gasteiger partial charge on any atom is -0.495 e. The average Bonchev–Trinajstić information content (AvgIpc) is 3.42. The number of carbonyl (C=O) groups excluding carboxylic acids is 1. The number of anilines is 1. The van der Waals surface area contributed by atoms with E-state index >= 15 is 0 Å². The maximum atomic E-state index is 13.0. The molecule has 0 aliphatic carbocycles. The molecule has 1 aromatic carbocycles. The Labute approximate surface area is 227 Å². The van der Waals surface area contributed by atoms with Crippen LogP contribution in [0.5, 0.6) is 5.75 Å². The number of carbonyl (C=O) groups is 1. The van der Waals surface area contributed by atoms with Crippen molar-refractivity contribution >= 4 is 28.9 Å². The van der Waals surface area contributed by atoms with Crippen molar-refractivity contribution in [1.29, 1.82) is 0 Å². The number of methoxy groups -OCH3 is 1. The Morgan fingerprint density at radius 2 is 1.92 bits per heavy atom. The van der Waals surface area contributed by atoms with Crippen LogP contribution in [0.15, 0.2) is 79.3 Å². The highest BCUT2D eigenvalue weighted by Crippen LogP contribution is 2.41. The smallest absolute Gasteiger partial charge is 0.226 e. The molecular formula is C29H30N6O2S. The SMILES string of the molecule is COc1ccccc1NC(=O)CCN1C(=S)NC(c2ccccn2)C1c1cc(C)n(-c2cccnc2)c1C. The molecule has 2 unspecified atom stereocenters. The molecular weight excluding hydrogens is 496 g/mol. The lowest BCUT2D eigenvalue weighted by atomic mass is 9.96. The van der Waals surface area contributed by atoms with Gasteiger partial charge in [-0.3, -0.25) is 14.8 Å². The summed E-state index contributed by atoms with van der Waals surface area (Å²) in [5.41, 5.74) is 5.85. The van der Waals surface area contributed by atoms with Gasteiger partial charge in [0.1, 0.15) is 5.75 Å². The zero-order valence-corrected chi connectivity index (χ0v) is 22.4. The average molecular weight is 527 g/mol. The second-order valence-corrected chi connectivity index (χ2v) is 9.58. The third-order valence-corrected chi connectivity index (χ3v) is 7.20. The molecule has 4 heterocycles. The summed E-state index contributed by atoms with van der Waals surface area (Å²) in [7, 11) is 1.59. The Kier molecular flexibility index (Phi) is 7.37. The number of rotatable bonds is 8. The van der Waals surface area contributed by atoms with E-state index in [1.165, 1.54) is 0 Å². The maximum Gasteiger partial charge on any atom is 0.226 e. The van der Waals surface area contributed by atoms with E-state index in [2.05, 4.69) is 50.0 Å². The Balaban J connectivity index is 1.45. The van der Waals surface area contributed by atoms with Crippen LogP contribution in [0.4, 0.5) is 5.69 Å². The predicted octanol–water partition coefficient (Wildman–Crippen LogP) is 4.89. The summed E-state index contributed by atoms with van der Waals surface area (Å²) in [5, 5.41) is 7.04. The van der Waals surface area contributed by atoms with E-state index in [-0.39, 0.29) is 24.4 Å². The third kappa shape index (κ3) is 4.97. The van der Waals surface area contributed by atoms with Gasteiger partial charge in [-0.25, -0.2) is 0 Å². The van der Waals surface area contributed by atoms with Crippen LogP contribution < -0.4 is 15.4 Å². The number of hydrogen-bond acceptors (Lipinski definition) is 5. The molecule has 0 spiro atoms. The Morgan fingerprint density at radius 1 is 1.11 bits per heavy atom. The molecule has 0 bridgehead atoms. The molecule has 3 aromatic heterocycles. The van der Waals surface area contributed by atoms with Gasteiger partial charge < -0.3 is 24.8 Å². The number of benzene rings is 1. The minimum atomic E-state index is -0.163.